The van der Waals surface area contributed by atoms with Crippen molar-refractivity contribution in [1.29, 1.82) is 0 Å². The van der Waals surface area contributed by atoms with Crippen LogP contribution in [0.2, 0.25) is 10.0 Å². The van der Waals surface area contributed by atoms with Gasteiger partial charge >= 0.3 is 0 Å². The molecule has 2 amide bonds. The summed E-state index contributed by atoms with van der Waals surface area (Å²) in [5.74, 6) is -0.726. The second-order valence-corrected chi connectivity index (χ2v) is 9.46. The summed E-state index contributed by atoms with van der Waals surface area (Å²) in [4.78, 5) is 49.2. The van der Waals surface area contributed by atoms with E-state index in [0.29, 0.717) is 33.1 Å². The number of nitro benzene ring substituents is 1. The lowest BCUT2D eigenvalue weighted by molar-refractivity contribution is -0.384. The van der Waals surface area contributed by atoms with Crippen LogP contribution in [-0.2, 0) is 11.4 Å². The first-order valence-electron chi connectivity index (χ1n) is 10.4. The first-order chi connectivity index (χ1) is 17.2. The number of amides is 2. The molecule has 36 heavy (non-hydrogen) atoms. The normalized spacial score (nSPS) is 14.4. The highest BCUT2D eigenvalue weighted by atomic mass is 35.5. The summed E-state index contributed by atoms with van der Waals surface area (Å²) in [7, 11) is 0. The Morgan fingerprint density at radius 1 is 1.03 bits per heavy atom. The van der Waals surface area contributed by atoms with Crippen LogP contribution in [0, 0.1) is 10.1 Å². The summed E-state index contributed by atoms with van der Waals surface area (Å²) in [6.45, 7) is -0.276. The zero-order chi connectivity index (χ0) is 25.8. The highest BCUT2D eigenvalue weighted by molar-refractivity contribution is 8.18. The zero-order valence-corrected chi connectivity index (χ0v) is 20.7. The van der Waals surface area contributed by atoms with Crippen LogP contribution < -0.4 is 4.74 Å². The van der Waals surface area contributed by atoms with E-state index in [0.717, 1.165) is 10.5 Å². The molecule has 0 N–H and O–H groups in total. The summed E-state index contributed by atoms with van der Waals surface area (Å²) >= 11 is 12.9. The monoisotopic (exact) mass is 542 g/mol. The second kappa shape index (κ2) is 10.9. The Morgan fingerprint density at radius 2 is 1.75 bits per heavy atom. The Bertz CT molecular complexity index is 1410. The van der Waals surface area contributed by atoms with Crippen LogP contribution in [0.15, 0.2) is 71.6 Å². The number of thioether (sulfide) groups is 1. The van der Waals surface area contributed by atoms with Gasteiger partial charge in [0.05, 0.1) is 16.4 Å². The molecule has 1 saturated heterocycles. The number of benzene rings is 3. The van der Waals surface area contributed by atoms with Crippen LogP contribution >= 0.6 is 35.0 Å². The lowest BCUT2D eigenvalue weighted by Gasteiger charge is -2.12. The molecule has 0 aliphatic carbocycles. The first kappa shape index (κ1) is 25.4. The van der Waals surface area contributed by atoms with Crippen LogP contribution in [0.5, 0.6) is 5.75 Å². The molecule has 0 unspecified atom stereocenters. The number of hydrogen-bond donors (Lipinski definition) is 0. The van der Waals surface area contributed by atoms with Gasteiger partial charge in [0.15, 0.2) is 5.78 Å². The molecule has 0 saturated carbocycles. The average Bonchev–Trinajstić information content (AvgIpc) is 3.11. The molecular weight excluding hydrogens is 527 g/mol. The van der Waals surface area contributed by atoms with E-state index >= 15 is 0 Å². The molecule has 1 aliphatic rings. The van der Waals surface area contributed by atoms with Crippen molar-refractivity contribution in [3.63, 3.8) is 0 Å². The van der Waals surface area contributed by atoms with Crippen molar-refractivity contribution in [3.05, 3.63) is 108 Å². The topological polar surface area (TPSA) is 107 Å². The molecule has 4 rings (SSSR count). The number of ketones is 1. The molecule has 0 aromatic heterocycles. The van der Waals surface area contributed by atoms with Gasteiger partial charge < -0.3 is 4.74 Å². The fourth-order valence-electron chi connectivity index (χ4n) is 3.33. The number of Topliss-reactive ketones (excluding diaryl/α,β-unsaturated/α-hetero) is 1. The van der Waals surface area contributed by atoms with Crippen LogP contribution in [0.25, 0.3) is 6.08 Å². The van der Waals surface area contributed by atoms with E-state index in [9.17, 15) is 24.5 Å². The Labute approximate surface area is 219 Å². The number of imide groups is 1. The fourth-order valence-corrected chi connectivity index (χ4v) is 4.56. The maximum Gasteiger partial charge on any atom is 0.293 e. The maximum absolute atomic E-state index is 12.9. The van der Waals surface area contributed by atoms with E-state index in [2.05, 4.69) is 0 Å². The van der Waals surface area contributed by atoms with Crippen LogP contribution in [-0.4, -0.2) is 33.3 Å². The average molecular weight is 543 g/mol. The highest BCUT2D eigenvalue weighted by Crippen LogP contribution is 2.35. The number of rotatable bonds is 8. The molecule has 1 aliphatic heterocycles. The quantitative estimate of drug-likeness (QED) is 0.140. The van der Waals surface area contributed by atoms with Gasteiger partial charge in [-0.15, -0.1) is 0 Å². The summed E-state index contributed by atoms with van der Waals surface area (Å²) in [5.41, 5.74) is 1.30. The van der Waals surface area contributed by atoms with Gasteiger partial charge in [-0.2, -0.15) is 0 Å². The number of ether oxygens (including phenoxy) is 1. The van der Waals surface area contributed by atoms with Gasteiger partial charge in [0.25, 0.3) is 16.8 Å². The fraction of sp³-hybridized carbons (Fsp3) is 0.0800. The second-order valence-electron chi connectivity index (χ2n) is 7.60. The van der Waals surface area contributed by atoms with Crippen molar-refractivity contribution in [2.45, 2.75) is 6.61 Å². The van der Waals surface area contributed by atoms with Crippen molar-refractivity contribution >= 4 is 63.7 Å². The van der Waals surface area contributed by atoms with Gasteiger partial charge in [-0.25, -0.2) is 0 Å². The minimum atomic E-state index is -0.638. The Balaban J connectivity index is 1.51. The molecule has 0 radical (unpaired) electrons. The molecule has 1 fully saturated rings. The van der Waals surface area contributed by atoms with Gasteiger partial charge in [0.1, 0.15) is 12.4 Å². The predicted molar refractivity (Wildman–Crippen MR) is 137 cm³/mol. The van der Waals surface area contributed by atoms with E-state index in [1.54, 1.807) is 36.4 Å². The van der Waals surface area contributed by atoms with Gasteiger partial charge in [0.2, 0.25) is 0 Å². The largest absolute Gasteiger partial charge is 0.488 e. The zero-order valence-electron chi connectivity index (χ0n) is 18.4. The molecular formula is C25H16Cl2N2O6S. The molecule has 1 heterocycles. The molecule has 0 bridgehead atoms. The minimum Gasteiger partial charge on any atom is -0.488 e. The Morgan fingerprint density at radius 3 is 2.44 bits per heavy atom. The lowest BCUT2D eigenvalue weighted by Crippen LogP contribution is -2.33. The summed E-state index contributed by atoms with van der Waals surface area (Å²) in [5, 5.41) is 11.2. The molecule has 8 nitrogen and oxygen atoms in total. The number of carbonyl (C=O) groups is 3. The van der Waals surface area contributed by atoms with E-state index in [1.807, 2.05) is 6.07 Å². The maximum atomic E-state index is 12.9. The van der Waals surface area contributed by atoms with Crippen molar-refractivity contribution in [3.8, 4) is 5.75 Å². The minimum absolute atomic E-state index is 0.103. The van der Waals surface area contributed by atoms with Crippen molar-refractivity contribution < 1.29 is 24.0 Å². The predicted octanol–water partition coefficient (Wildman–Crippen LogP) is 6.40. The number of nitrogens with zero attached hydrogens (tertiary/aromatic N) is 2. The Hall–Kier alpha value is -3.66. The first-order valence-corrected chi connectivity index (χ1v) is 12.0. The summed E-state index contributed by atoms with van der Waals surface area (Å²) in [6, 6.07) is 17.0. The molecule has 0 atom stereocenters. The van der Waals surface area contributed by atoms with Crippen molar-refractivity contribution in [1.82, 2.24) is 4.90 Å². The van der Waals surface area contributed by atoms with E-state index in [1.165, 1.54) is 30.3 Å². The summed E-state index contributed by atoms with van der Waals surface area (Å²) < 4.78 is 5.90. The number of halogens is 2. The van der Waals surface area contributed by atoms with Gasteiger partial charge in [-0.1, -0.05) is 35.3 Å². The third-order valence-corrected chi connectivity index (χ3v) is 6.49. The van der Waals surface area contributed by atoms with Crippen LogP contribution in [0.4, 0.5) is 10.5 Å². The van der Waals surface area contributed by atoms with Gasteiger partial charge in [-0.3, -0.25) is 29.4 Å². The lowest BCUT2D eigenvalue weighted by atomic mass is 10.1. The van der Waals surface area contributed by atoms with E-state index in [-0.39, 0.29) is 22.8 Å². The van der Waals surface area contributed by atoms with E-state index < -0.39 is 28.4 Å². The molecule has 11 heteroatoms. The van der Waals surface area contributed by atoms with Gasteiger partial charge in [-0.05, 0) is 65.9 Å². The molecule has 182 valence electrons. The number of hydrogen-bond acceptors (Lipinski definition) is 7. The smallest absolute Gasteiger partial charge is 0.293 e. The summed E-state index contributed by atoms with van der Waals surface area (Å²) in [6.07, 6.45) is 1.49. The van der Waals surface area contributed by atoms with Gasteiger partial charge in [0, 0.05) is 33.3 Å². The number of non-ortho nitro benzene ring substituents is 1. The number of nitro groups is 1. The molecule has 0 spiro atoms. The van der Waals surface area contributed by atoms with Crippen molar-refractivity contribution in [2.75, 3.05) is 6.54 Å². The highest BCUT2D eigenvalue weighted by Gasteiger charge is 2.36. The SMILES string of the molecule is O=C(CN1C(=O)S/C(=C/c2cc(Cl)ccc2OCc2cccc(Cl)c2)C1=O)c1ccc([N+](=O)[O-])cc1. The number of carbonyl (C=O) groups excluding carboxylic acids is 3. The third-order valence-electron chi connectivity index (χ3n) is 5.12. The van der Waals surface area contributed by atoms with Crippen LogP contribution in [0.3, 0.4) is 0 Å². The standard InChI is InChI=1S/C25H16Cl2N2O6S/c26-18-3-1-2-15(10-18)14-35-22-9-6-19(27)11-17(22)12-23-24(31)28(25(32)36-23)13-21(30)16-4-7-20(8-5-16)29(33)34/h1-12H,13-14H2/b23-12+. The molecule has 3 aromatic carbocycles. The molecule has 3 aromatic rings. The van der Waals surface area contributed by atoms with Crippen molar-refractivity contribution in [2.24, 2.45) is 0 Å². The van der Waals surface area contributed by atoms with Crippen LogP contribution in [0.1, 0.15) is 21.5 Å². The van der Waals surface area contributed by atoms with E-state index in [4.69, 9.17) is 27.9 Å². The Kier molecular flexibility index (Phi) is 7.73. The third kappa shape index (κ3) is 5.93.